The summed E-state index contributed by atoms with van der Waals surface area (Å²) in [6.45, 7) is 1.74. The van der Waals surface area contributed by atoms with Crippen LogP contribution in [0.5, 0.6) is 0 Å². The highest BCUT2D eigenvalue weighted by atomic mass is 32.2. The van der Waals surface area contributed by atoms with E-state index in [1.165, 1.54) is 6.92 Å². The number of rotatable bonds is 6. The van der Waals surface area contributed by atoms with Gasteiger partial charge < -0.3 is 0 Å². The molecule has 1 unspecified atom stereocenters. The van der Waals surface area contributed by atoms with Crippen LogP contribution in [0.1, 0.15) is 26.7 Å². The molecular weight excluding hydrogens is 251 g/mol. The van der Waals surface area contributed by atoms with Gasteiger partial charge in [-0.3, -0.25) is 4.79 Å². The summed E-state index contributed by atoms with van der Waals surface area (Å²) >= 11 is 0.635. The fraction of sp³-hybridized carbons (Fsp3) is 0.889. The number of hydrogen-bond acceptors (Lipinski definition) is 2. The van der Waals surface area contributed by atoms with Crippen LogP contribution in [0.25, 0.3) is 0 Å². The van der Waals surface area contributed by atoms with Gasteiger partial charge in [-0.15, -0.1) is 0 Å². The standard InChI is InChI=1S/C9H13F5OS/c1-6(10)9(13,14)5-8(11,12)3-4-16-7(2)15/h6H,3-5H2,1-2H3. The minimum atomic E-state index is -4.04. The van der Waals surface area contributed by atoms with Crippen LogP contribution in [0.3, 0.4) is 0 Å². The number of halogens is 5. The molecule has 96 valence electrons. The van der Waals surface area contributed by atoms with Gasteiger partial charge in [0.25, 0.3) is 11.8 Å². The highest BCUT2D eigenvalue weighted by Gasteiger charge is 2.46. The van der Waals surface area contributed by atoms with Crippen LogP contribution in [0.15, 0.2) is 0 Å². The zero-order valence-electron chi connectivity index (χ0n) is 8.90. The lowest BCUT2D eigenvalue weighted by atomic mass is 10.0. The van der Waals surface area contributed by atoms with Gasteiger partial charge in [0, 0.05) is 19.1 Å². The van der Waals surface area contributed by atoms with Crippen LogP contribution in [-0.4, -0.2) is 28.9 Å². The molecule has 16 heavy (non-hydrogen) atoms. The molecular formula is C9H13F5OS. The second-order valence-corrected chi connectivity index (χ2v) is 4.77. The number of hydrogen-bond donors (Lipinski definition) is 0. The summed E-state index contributed by atoms with van der Waals surface area (Å²) in [5, 5.41) is -0.360. The van der Waals surface area contributed by atoms with E-state index in [1.807, 2.05) is 0 Å². The van der Waals surface area contributed by atoms with Crippen molar-refractivity contribution >= 4 is 16.9 Å². The van der Waals surface area contributed by atoms with Crippen LogP contribution >= 0.6 is 11.8 Å². The maximum absolute atomic E-state index is 13.0. The summed E-state index contributed by atoms with van der Waals surface area (Å²) in [7, 11) is 0. The van der Waals surface area contributed by atoms with Crippen molar-refractivity contribution in [3.05, 3.63) is 0 Å². The largest absolute Gasteiger partial charge is 0.288 e. The average molecular weight is 264 g/mol. The van der Waals surface area contributed by atoms with E-state index in [1.54, 1.807) is 0 Å². The number of carbonyl (C=O) groups excluding carboxylic acids is 1. The molecule has 1 atom stereocenters. The fourth-order valence-corrected chi connectivity index (χ4v) is 1.61. The lowest BCUT2D eigenvalue weighted by Crippen LogP contribution is -2.36. The summed E-state index contributed by atoms with van der Waals surface area (Å²) in [4.78, 5) is 10.4. The molecule has 0 amide bonds. The zero-order valence-corrected chi connectivity index (χ0v) is 9.72. The van der Waals surface area contributed by atoms with Crippen LogP contribution < -0.4 is 0 Å². The third kappa shape index (κ3) is 6.30. The maximum Gasteiger partial charge on any atom is 0.284 e. The van der Waals surface area contributed by atoms with Gasteiger partial charge in [-0.1, -0.05) is 11.8 Å². The summed E-state index contributed by atoms with van der Waals surface area (Å²) in [6.07, 6.45) is -5.30. The number of thioether (sulfide) groups is 1. The quantitative estimate of drug-likeness (QED) is 0.681. The molecule has 0 spiro atoms. The Bertz CT molecular complexity index is 242. The van der Waals surface area contributed by atoms with E-state index < -0.39 is 30.9 Å². The molecule has 0 aliphatic heterocycles. The van der Waals surface area contributed by atoms with Gasteiger partial charge in [-0.2, -0.15) is 0 Å². The number of carbonyl (C=O) groups is 1. The van der Waals surface area contributed by atoms with Gasteiger partial charge in [0.2, 0.25) is 0 Å². The first-order valence-electron chi connectivity index (χ1n) is 4.60. The normalized spacial score (nSPS) is 14.9. The molecule has 0 bridgehead atoms. The minimum Gasteiger partial charge on any atom is -0.288 e. The van der Waals surface area contributed by atoms with E-state index in [9.17, 15) is 26.7 Å². The topological polar surface area (TPSA) is 17.1 Å². The van der Waals surface area contributed by atoms with Crippen molar-refractivity contribution in [2.24, 2.45) is 0 Å². The molecule has 0 saturated carbocycles. The second-order valence-electron chi connectivity index (χ2n) is 3.50. The van der Waals surface area contributed by atoms with E-state index >= 15 is 0 Å². The predicted molar refractivity (Wildman–Crippen MR) is 52.8 cm³/mol. The smallest absolute Gasteiger partial charge is 0.284 e. The van der Waals surface area contributed by atoms with Crippen molar-refractivity contribution in [1.82, 2.24) is 0 Å². The van der Waals surface area contributed by atoms with Gasteiger partial charge in [0.05, 0.1) is 6.42 Å². The SMILES string of the molecule is CC(=O)SCCC(F)(F)CC(F)(F)C(C)F. The Morgan fingerprint density at radius 1 is 1.31 bits per heavy atom. The highest BCUT2D eigenvalue weighted by Crippen LogP contribution is 2.36. The Labute approximate surface area is 94.8 Å². The third-order valence-corrected chi connectivity index (χ3v) is 2.66. The van der Waals surface area contributed by atoms with Crippen molar-refractivity contribution in [2.75, 3.05) is 5.75 Å². The van der Waals surface area contributed by atoms with Crippen LogP contribution in [0.4, 0.5) is 22.0 Å². The zero-order chi connectivity index (χ0) is 13.0. The Morgan fingerprint density at radius 2 is 1.81 bits per heavy atom. The van der Waals surface area contributed by atoms with Gasteiger partial charge >= 0.3 is 0 Å². The van der Waals surface area contributed by atoms with Crippen molar-refractivity contribution < 1.29 is 26.7 Å². The molecule has 0 aromatic heterocycles. The Morgan fingerprint density at radius 3 is 2.19 bits per heavy atom. The first kappa shape index (κ1) is 15.7. The first-order valence-corrected chi connectivity index (χ1v) is 5.58. The van der Waals surface area contributed by atoms with Crippen molar-refractivity contribution in [3.63, 3.8) is 0 Å². The van der Waals surface area contributed by atoms with E-state index in [2.05, 4.69) is 0 Å². The summed E-state index contributed by atoms with van der Waals surface area (Å²) in [6, 6.07) is 0. The summed E-state index contributed by atoms with van der Waals surface area (Å²) in [5.41, 5.74) is 0. The Kier molecular flexibility index (Phi) is 5.72. The van der Waals surface area contributed by atoms with E-state index in [4.69, 9.17) is 0 Å². The molecule has 0 heterocycles. The predicted octanol–water partition coefficient (Wildman–Crippen LogP) is 3.67. The summed E-state index contributed by atoms with van der Waals surface area (Å²) in [5.74, 6) is -7.95. The molecule has 0 saturated heterocycles. The second kappa shape index (κ2) is 5.84. The molecule has 0 radical (unpaired) electrons. The maximum atomic E-state index is 13.0. The molecule has 0 aliphatic rings. The Hall–Kier alpha value is -0.330. The van der Waals surface area contributed by atoms with Gasteiger partial charge in [0.1, 0.15) is 0 Å². The van der Waals surface area contributed by atoms with Crippen molar-refractivity contribution in [1.29, 1.82) is 0 Å². The van der Waals surface area contributed by atoms with Gasteiger partial charge in [-0.05, 0) is 6.92 Å². The van der Waals surface area contributed by atoms with Gasteiger partial charge in [0.15, 0.2) is 11.3 Å². The minimum absolute atomic E-state index is 0.251. The van der Waals surface area contributed by atoms with Gasteiger partial charge in [-0.25, -0.2) is 22.0 Å². The molecule has 0 aromatic carbocycles. The molecule has 0 aromatic rings. The van der Waals surface area contributed by atoms with E-state index in [0.717, 1.165) is 0 Å². The highest BCUT2D eigenvalue weighted by molar-refractivity contribution is 8.13. The van der Waals surface area contributed by atoms with E-state index in [0.29, 0.717) is 18.7 Å². The van der Waals surface area contributed by atoms with Crippen LogP contribution in [0, 0.1) is 0 Å². The van der Waals surface area contributed by atoms with Crippen molar-refractivity contribution in [3.8, 4) is 0 Å². The lowest BCUT2D eigenvalue weighted by molar-refractivity contribution is -0.142. The molecule has 0 aliphatic carbocycles. The van der Waals surface area contributed by atoms with Crippen molar-refractivity contribution in [2.45, 2.75) is 44.7 Å². The van der Waals surface area contributed by atoms with Crippen LogP contribution in [-0.2, 0) is 4.79 Å². The molecule has 0 N–H and O–H groups in total. The Balaban J connectivity index is 4.18. The molecule has 0 rings (SSSR count). The lowest BCUT2D eigenvalue weighted by Gasteiger charge is -2.23. The molecule has 7 heteroatoms. The van der Waals surface area contributed by atoms with E-state index in [-0.39, 0.29) is 10.9 Å². The average Bonchev–Trinajstić information content (AvgIpc) is 1.99. The first-order chi connectivity index (χ1) is 7.07. The van der Waals surface area contributed by atoms with Crippen LogP contribution in [0.2, 0.25) is 0 Å². The monoisotopic (exact) mass is 264 g/mol. The number of alkyl halides is 5. The molecule has 1 nitrogen and oxygen atoms in total. The summed E-state index contributed by atoms with van der Waals surface area (Å²) < 4.78 is 63.6. The molecule has 0 fully saturated rings. The third-order valence-electron chi connectivity index (χ3n) is 1.85. The fourth-order valence-electron chi connectivity index (χ4n) is 0.918.